The number of hydrogen-bond donors (Lipinski definition) is 1. The molecule has 0 atom stereocenters. The summed E-state index contributed by atoms with van der Waals surface area (Å²) < 4.78 is 5.90. The zero-order valence-electron chi connectivity index (χ0n) is 14.2. The van der Waals surface area contributed by atoms with Crippen molar-refractivity contribution in [1.82, 2.24) is 10.2 Å². The number of likely N-dealkylation sites (tertiary alicyclic amines) is 1. The highest BCUT2D eigenvalue weighted by molar-refractivity contribution is 6.30. The third-order valence-corrected chi connectivity index (χ3v) is 4.83. The fraction of sp³-hybridized carbons (Fsp3) is 0.400. The Hall–Kier alpha value is -1.55. The van der Waals surface area contributed by atoms with Crippen molar-refractivity contribution in [2.45, 2.75) is 32.4 Å². The van der Waals surface area contributed by atoms with E-state index in [4.69, 9.17) is 16.3 Å². The molecule has 0 radical (unpaired) electrons. The summed E-state index contributed by atoms with van der Waals surface area (Å²) in [7, 11) is 0. The van der Waals surface area contributed by atoms with Gasteiger partial charge in [0.1, 0.15) is 11.5 Å². The topological polar surface area (TPSA) is 24.5 Å². The highest BCUT2D eigenvalue weighted by atomic mass is 35.5. The molecule has 1 fully saturated rings. The van der Waals surface area contributed by atoms with Crippen molar-refractivity contribution in [3.05, 3.63) is 59.1 Å². The molecule has 1 heterocycles. The predicted molar refractivity (Wildman–Crippen MR) is 99.9 cm³/mol. The Balaban J connectivity index is 1.52. The first-order valence-corrected chi connectivity index (χ1v) is 9.09. The number of hydrogen-bond acceptors (Lipinski definition) is 3. The molecule has 0 bridgehead atoms. The molecule has 2 aromatic carbocycles. The minimum atomic E-state index is 0.619. The molecule has 2 aromatic rings. The van der Waals surface area contributed by atoms with Gasteiger partial charge in [0.15, 0.2) is 0 Å². The second kappa shape index (κ2) is 8.52. The third kappa shape index (κ3) is 4.97. The van der Waals surface area contributed by atoms with Crippen molar-refractivity contribution >= 4 is 11.6 Å². The molecule has 1 aliphatic heterocycles. The summed E-state index contributed by atoms with van der Waals surface area (Å²) in [6, 6.07) is 16.3. The first-order valence-electron chi connectivity index (χ1n) is 8.71. The molecule has 1 saturated heterocycles. The fourth-order valence-corrected chi connectivity index (χ4v) is 3.20. The van der Waals surface area contributed by atoms with Crippen LogP contribution in [0.3, 0.4) is 0 Å². The summed E-state index contributed by atoms with van der Waals surface area (Å²) in [5, 5.41) is 4.40. The van der Waals surface area contributed by atoms with Gasteiger partial charge in [-0.1, -0.05) is 30.7 Å². The number of halogens is 1. The first kappa shape index (κ1) is 17.3. The summed E-state index contributed by atoms with van der Waals surface area (Å²) >= 11 is 5.91. The minimum Gasteiger partial charge on any atom is -0.457 e. The van der Waals surface area contributed by atoms with E-state index >= 15 is 0 Å². The van der Waals surface area contributed by atoms with E-state index in [1.807, 2.05) is 36.4 Å². The van der Waals surface area contributed by atoms with Gasteiger partial charge in [-0.2, -0.15) is 0 Å². The standard InChI is InChI=1S/C20H25ClN2O/c1-2-23-12-10-18(11-13-23)22-15-16-4-3-5-20(14-16)24-19-8-6-17(21)7-9-19/h3-9,14,18,22H,2,10-13,15H2,1H3. The normalized spacial score (nSPS) is 16.2. The van der Waals surface area contributed by atoms with Gasteiger partial charge < -0.3 is 15.0 Å². The van der Waals surface area contributed by atoms with Gasteiger partial charge in [0.2, 0.25) is 0 Å². The van der Waals surface area contributed by atoms with E-state index in [1.165, 1.54) is 31.5 Å². The van der Waals surface area contributed by atoms with Crippen LogP contribution in [-0.2, 0) is 6.54 Å². The Morgan fingerprint density at radius 2 is 1.83 bits per heavy atom. The number of ether oxygens (including phenoxy) is 1. The first-order chi connectivity index (χ1) is 11.7. The SMILES string of the molecule is CCN1CCC(NCc2cccc(Oc3ccc(Cl)cc3)c2)CC1. The Kier molecular flexibility index (Phi) is 6.13. The van der Waals surface area contributed by atoms with Crippen molar-refractivity contribution in [1.29, 1.82) is 0 Å². The van der Waals surface area contributed by atoms with Crippen LogP contribution in [0, 0.1) is 0 Å². The van der Waals surface area contributed by atoms with Gasteiger partial charge >= 0.3 is 0 Å². The fourth-order valence-electron chi connectivity index (χ4n) is 3.07. The van der Waals surface area contributed by atoms with Gasteiger partial charge in [0.25, 0.3) is 0 Å². The van der Waals surface area contributed by atoms with E-state index in [-0.39, 0.29) is 0 Å². The van der Waals surface area contributed by atoms with Crippen LogP contribution in [0.4, 0.5) is 0 Å². The van der Waals surface area contributed by atoms with Crippen LogP contribution in [-0.4, -0.2) is 30.6 Å². The molecule has 4 heteroatoms. The smallest absolute Gasteiger partial charge is 0.127 e. The molecule has 3 rings (SSSR count). The van der Waals surface area contributed by atoms with Crippen LogP contribution >= 0.6 is 11.6 Å². The zero-order valence-corrected chi connectivity index (χ0v) is 14.9. The molecule has 1 N–H and O–H groups in total. The number of benzene rings is 2. The van der Waals surface area contributed by atoms with Gasteiger partial charge in [-0.15, -0.1) is 0 Å². The summed E-state index contributed by atoms with van der Waals surface area (Å²) in [6.45, 7) is 6.69. The van der Waals surface area contributed by atoms with Crippen LogP contribution in [0.2, 0.25) is 5.02 Å². The maximum absolute atomic E-state index is 5.91. The summed E-state index contributed by atoms with van der Waals surface area (Å²) in [6.07, 6.45) is 2.46. The van der Waals surface area contributed by atoms with Crippen LogP contribution in [0.25, 0.3) is 0 Å². The summed E-state index contributed by atoms with van der Waals surface area (Å²) in [4.78, 5) is 2.51. The van der Waals surface area contributed by atoms with Crippen LogP contribution < -0.4 is 10.1 Å². The Bertz CT molecular complexity index is 636. The summed E-state index contributed by atoms with van der Waals surface area (Å²) in [5.74, 6) is 1.66. The van der Waals surface area contributed by atoms with Crippen molar-refractivity contribution in [2.75, 3.05) is 19.6 Å². The van der Waals surface area contributed by atoms with E-state index in [0.717, 1.165) is 29.6 Å². The molecule has 0 aliphatic carbocycles. The molecular formula is C20H25ClN2O. The lowest BCUT2D eigenvalue weighted by atomic mass is 10.0. The average Bonchev–Trinajstić information content (AvgIpc) is 2.63. The molecule has 0 spiro atoms. The van der Waals surface area contributed by atoms with E-state index in [1.54, 1.807) is 0 Å². The molecular weight excluding hydrogens is 320 g/mol. The van der Waals surface area contributed by atoms with E-state index in [9.17, 15) is 0 Å². The third-order valence-electron chi connectivity index (χ3n) is 4.58. The molecule has 0 saturated carbocycles. The predicted octanol–water partition coefficient (Wildman–Crippen LogP) is 4.71. The van der Waals surface area contributed by atoms with Crippen molar-refractivity contribution in [2.24, 2.45) is 0 Å². The molecule has 0 amide bonds. The molecule has 24 heavy (non-hydrogen) atoms. The second-order valence-electron chi connectivity index (χ2n) is 6.29. The lowest BCUT2D eigenvalue weighted by Gasteiger charge is -2.31. The van der Waals surface area contributed by atoms with Crippen LogP contribution in [0.5, 0.6) is 11.5 Å². The van der Waals surface area contributed by atoms with E-state index in [2.05, 4.69) is 29.3 Å². The number of nitrogens with zero attached hydrogens (tertiary/aromatic N) is 1. The lowest BCUT2D eigenvalue weighted by molar-refractivity contribution is 0.206. The van der Waals surface area contributed by atoms with Gasteiger partial charge in [0, 0.05) is 17.6 Å². The van der Waals surface area contributed by atoms with Gasteiger partial charge in [-0.3, -0.25) is 0 Å². The minimum absolute atomic E-state index is 0.619. The Labute approximate surface area is 149 Å². The van der Waals surface area contributed by atoms with Gasteiger partial charge in [-0.05, 0) is 74.4 Å². The van der Waals surface area contributed by atoms with Gasteiger partial charge in [0.05, 0.1) is 0 Å². The monoisotopic (exact) mass is 344 g/mol. The van der Waals surface area contributed by atoms with Crippen LogP contribution in [0.15, 0.2) is 48.5 Å². The largest absolute Gasteiger partial charge is 0.457 e. The molecule has 1 aliphatic rings. The van der Waals surface area contributed by atoms with E-state index < -0.39 is 0 Å². The van der Waals surface area contributed by atoms with Gasteiger partial charge in [-0.25, -0.2) is 0 Å². The highest BCUT2D eigenvalue weighted by Gasteiger charge is 2.17. The van der Waals surface area contributed by atoms with Crippen molar-refractivity contribution < 1.29 is 4.74 Å². The Morgan fingerprint density at radius 1 is 1.08 bits per heavy atom. The average molecular weight is 345 g/mol. The second-order valence-corrected chi connectivity index (χ2v) is 6.73. The quantitative estimate of drug-likeness (QED) is 0.821. The zero-order chi connectivity index (χ0) is 16.8. The van der Waals surface area contributed by atoms with Crippen molar-refractivity contribution in [3.63, 3.8) is 0 Å². The molecule has 128 valence electrons. The van der Waals surface area contributed by atoms with Crippen molar-refractivity contribution in [3.8, 4) is 11.5 Å². The molecule has 0 unspecified atom stereocenters. The summed E-state index contributed by atoms with van der Waals surface area (Å²) in [5.41, 5.74) is 1.25. The number of rotatable bonds is 6. The lowest BCUT2D eigenvalue weighted by Crippen LogP contribution is -2.42. The maximum Gasteiger partial charge on any atom is 0.127 e. The molecule has 3 nitrogen and oxygen atoms in total. The van der Waals surface area contributed by atoms with E-state index in [0.29, 0.717) is 6.04 Å². The molecule has 0 aromatic heterocycles. The number of nitrogens with one attached hydrogen (secondary N) is 1. The van der Waals surface area contributed by atoms with Crippen LogP contribution in [0.1, 0.15) is 25.3 Å². The Morgan fingerprint density at radius 3 is 2.54 bits per heavy atom. The number of piperidine rings is 1. The maximum atomic E-state index is 5.91. The highest BCUT2D eigenvalue weighted by Crippen LogP contribution is 2.24.